The van der Waals surface area contributed by atoms with E-state index in [-0.39, 0.29) is 6.04 Å². The lowest BCUT2D eigenvalue weighted by atomic mass is 9.92. The van der Waals surface area contributed by atoms with Gasteiger partial charge in [0.2, 0.25) is 5.89 Å². The van der Waals surface area contributed by atoms with Crippen molar-refractivity contribution >= 4 is 0 Å². The molecule has 0 spiro atoms. The Balaban J connectivity index is 1.49. The Morgan fingerprint density at radius 1 is 1.41 bits per heavy atom. The van der Waals surface area contributed by atoms with E-state index in [9.17, 15) is 0 Å². The number of aromatic nitrogens is 4. The van der Waals surface area contributed by atoms with E-state index in [1.54, 1.807) is 0 Å². The Morgan fingerprint density at radius 2 is 2.27 bits per heavy atom. The number of fused-ring (bicyclic) bond motifs is 1. The smallest absolute Gasteiger partial charge is 0.243 e. The summed E-state index contributed by atoms with van der Waals surface area (Å²) in [6.07, 6.45) is 7.87. The van der Waals surface area contributed by atoms with Crippen LogP contribution in [-0.2, 0) is 13.0 Å². The monoisotopic (exact) mass is 301 g/mol. The molecule has 0 saturated heterocycles. The fourth-order valence-corrected chi connectivity index (χ4v) is 3.37. The van der Waals surface area contributed by atoms with E-state index in [1.807, 2.05) is 6.20 Å². The SMILES string of the molecule is CCn1ncc2c1CCC[C@H]2N[C@@H](C)c1nc(C2CC2)no1. The van der Waals surface area contributed by atoms with E-state index < -0.39 is 0 Å². The van der Waals surface area contributed by atoms with Crippen LogP contribution in [0.15, 0.2) is 10.7 Å². The van der Waals surface area contributed by atoms with Gasteiger partial charge in [-0.3, -0.25) is 10.00 Å². The van der Waals surface area contributed by atoms with Crippen molar-refractivity contribution in [3.8, 4) is 0 Å². The summed E-state index contributed by atoms with van der Waals surface area (Å²) in [5.41, 5.74) is 2.71. The maximum Gasteiger partial charge on any atom is 0.243 e. The molecule has 1 saturated carbocycles. The zero-order chi connectivity index (χ0) is 15.1. The molecule has 6 nitrogen and oxygen atoms in total. The Hall–Kier alpha value is -1.69. The van der Waals surface area contributed by atoms with Crippen molar-refractivity contribution in [3.05, 3.63) is 29.2 Å². The highest BCUT2D eigenvalue weighted by Crippen LogP contribution is 2.38. The molecule has 22 heavy (non-hydrogen) atoms. The average Bonchev–Trinajstić information content (AvgIpc) is 3.11. The summed E-state index contributed by atoms with van der Waals surface area (Å²) >= 11 is 0. The zero-order valence-electron chi connectivity index (χ0n) is 13.2. The minimum atomic E-state index is 0.0703. The van der Waals surface area contributed by atoms with Crippen LogP contribution >= 0.6 is 0 Å². The summed E-state index contributed by atoms with van der Waals surface area (Å²) in [4.78, 5) is 4.55. The van der Waals surface area contributed by atoms with Crippen LogP contribution < -0.4 is 5.32 Å². The van der Waals surface area contributed by atoms with E-state index in [1.165, 1.54) is 30.5 Å². The van der Waals surface area contributed by atoms with Crippen LogP contribution in [-0.4, -0.2) is 19.9 Å². The lowest BCUT2D eigenvalue weighted by Crippen LogP contribution is -2.28. The highest BCUT2D eigenvalue weighted by atomic mass is 16.5. The van der Waals surface area contributed by atoms with Gasteiger partial charge in [-0.1, -0.05) is 5.16 Å². The maximum atomic E-state index is 5.44. The quantitative estimate of drug-likeness (QED) is 0.919. The highest BCUT2D eigenvalue weighted by Gasteiger charge is 2.31. The van der Waals surface area contributed by atoms with Gasteiger partial charge in [0.05, 0.1) is 12.2 Å². The molecule has 0 radical (unpaired) electrons. The molecule has 2 atom stereocenters. The summed E-state index contributed by atoms with van der Waals surface area (Å²) in [6, 6.07) is 0.399. The van der Waals surface area contributed by atoms with Crippen molar-refractivity contribution < 1.29 is 4.52 Å². The lowest BCUT2D eigenvalue weighted by Gasteiger charge is -2.26. The summed E-state index contributed by atoms with van der Waals surface area (Å²) in [5, 5.41) is 12.3. The van der Waals surface area contributed by atoms with E-state index in [4.69, 9.17) is 4.52 Å². The van der Waals surface area contributed by atoms with Crippen LogP contribution in [0.2, 0.25) is 0 Å². The van der Waals surface area contributed by atoms with Gasteiger partial charge in [-0.15, -0.1) is 0 Å². The molecule has 0 aromatic carbocycles. The predicted molar refractivity (Wildman–Crippen MR) is 81.4 cm³/mol. The molecule has 4 rings (SSSR count). The zero-order valence-corrected chi connectivity index (χ0v) is 13.2. The molecule has 2 heterocycles. The van der Waals surface area contributed by atoms with Gasteiger partial charge in [0, 0.05) is 29.8 Å². The number of rotatable bonds is 5. The van der Waals surface area contributed by atoms with Gasteiger partial charge in [-0.25, -0.2) is 0 Å². The molecule has 2 aromatic rings. The highest BCUT2D eigenvalue weighted by molar-refractivity contribution is 5.25. The summed E-state index contributed by atoms with van der Waals surface area (Å²) in [7, 11) is 0. The van der Waals surface area contributed by atoms with Crippen molar-refractivity contribution in [3.63, 3.8) is 0 Å². The Kier molecular flexibility index (Phi) is 3.48. The second-order valence-electron chi connectivity index (χ2n) is 6.46. The van der Waals surface area contributed by atoms with E-state index in [2.05, 4.69) is 39.1 Å². The number of aryl methyl sites for hydroxylation is 1. The van der Waals surface area contributed by atoms with Crippen LogP contribution in [0.1, 0.15) is 80.5 Å². The summed E-state index contributed by atoms with van der Waals surface area (Å²) in [6.45, 7) is 5.18. The van der Waals surface area contributed by atoms with Gasteiger partial charge < -0.3 is 4.52 Å². The normalized spacial score (nSPS) is 22.5. The summed E-state index contributed by atoms with van der Waals surface area (Å²) in [5.74, 6) is 2.12. The molecule has 6 heteroatoms. The van der Waals surface area contributed by atoms with Crippen molar-refractivity contribution in [2.75, 3.05) is 0 Å². The van der Waals surface area contributed by atoms with Crippen LogP contribution in [0.4, 0.5) is 0 Å². The maximum absolute atomic E-state index is 5.44. The molecule has 0 aliphatic heterocycles. The summed E-state index contributed by atoms with van der Waals surface area (Å²) < 4.78 is 7.56. The van der Waals surface area contributed by atoms with Crippen LogP contribution in [0.5, 0.6) is 0 Å². The van der Waals surface area contributed by atoms with Gasteiger partial charge in [0.15, 0.2) is 5.82 Å². The number of nitrogens with one attached hydrogen (secondary N) is 1. The van der Waals surface area contributed by atoms with Crippen LogP contribution in [0.25, 0.3) is 0 Å². The first-order valence-electron chi connectivity index (χ1n) is 8.40. The fraction of sp³-hybridized carbons (Fsp3) is 0.688. The fourth-order valence-electron chi connectivity index (χ4n) is 3.37. The molecule has 1 N–H and O–H groups in total. The number of hydrogen-bond donors (Lipinski definition) is 1. The van der Waals surface area contributed by atoms with E-state index in [0.29, 0.717) is 17.9 Å². The molecule has 2 aromatic heterocycles. The molecule has 0 bridgehead atoms. The Morgan fingerprint density at radius 3 is 3.05 bits per heavy atom. The molecule has 0 amide bonds. The van der Waals surface area contributed by atoms with Gasteiger partial charge in [-0.05, 0) is 46.0 Å². The molecule has 1 fully saturated rings. The van der Waals surface area contributed by atoms with Crippen molar-refractivity contribution in [1.82, 2.24) is 25.2 Å². The third-order valence-electron chi connectivity index (χ3n) is 4.78. The molecule has 0 unspecified atom stereocenters. The number of hydrogen-bond acceptors (Lipinski definition) is 5. The topological polar surface area (TPSA) is 68.8 Å². The molecular weight excluding hydrogens is 278 g/mol. The predicted octanol–water partition coefficient (Wildman–Crippen LogP) is 2.89. The van der Waals surface area contributed by atoms with E-state index >= 15 is 0 Å². The largest absolute Gasteiger partial charge is 0.338 e. The van der Waals surface area contributed by atoms with Gasteiger partial charge in [0.1, 0.15) is 0 Å². The first kappa shape index (κ1) is 13.9. The first-order chi connectivity index (χ1) is 10.8. The van der Waals surface area contributed by atoms with E-state index in [0.717, 1.165) is 25.2 Å². The Bertz CT molecular complexity index is 657. The average molecular weight is 301 g/mol. The minimum Gasteiger partial charge on any atom is -0.338 e. The van der Waals surface area contributed by atoms with Gasteiger partial charge in [-0.2, -0.15) is 10.1 Å². The van der Waals surface area contributed by atoms with Crippen molar-refractivity contribution in [2.45, 2.75) is 70.5 Å². The lowest BCUT2D eigenvalue weighted by molar-refractivity contribution is 0.311. The second kappa shape index (κ2) is 5.50. The van der Waals surface area contributed by atoms with Gasteiger partial charge in [0.25, 0.3) is 0 Å². The Labute approximate surface area is 130 Å². The first-order valence-corrected chi connectivity index (χ1v) is 8.40. The minimum absolute atomic E-state index is 0.0703. The standard InChI is InChI=1S/C16H23N5O/c1-3-21-14-6-4-5-13(12(14)9-17-21)18-10(2)16-19-15(20-22-16)11-7-8-11/h9-11,13,18H,3-8H2,1-2H3/t10-,13+/m0/s1. The molecule has 118 valence electrons. The molecule has 2 aliphatic carbocycles. The third-order valence-corrected chi connectivity index (χ3v) is 4.78. The molecular formula is C16H23N5O. The van der Waals surface area contributed by atoms with Gasteiger partial charge >= 0.3 is 0 Å². The third kappa shape index (κ3) is 2.45. The van der Waals surface area contributed by atoms with Crippen molar-refractivity contribution in [1.29, 1.82) is 0 Å². The second-order valence-corrected chi connectivity index (χ2v) is 6.46. The van der Waals surface area contributed by atoms with Crippen molar-refractivity contribution in [2.24, 2.45) is 0 Å². The number of nitrogens with zero attached hydrogens (tertiary/aromatic N) is 4. The van der Waals surface area contributed by atoms with Crippen LogP contribution in [0.3, 0.4) is 0 Å². The van der Waals surface area contributed by atoms with Crippen LogP contribution in [0, 0.1) is 0 Å². The molecule has 2 aliphatic rings.